The van der Waals surface area contributed by atoms with E-state index in [0.29, 0.717) is 19.8 Å². The molecular weight excluding hydrogens is 158 g/mol. The Morgan fingerprint density at radius 2 is 2.33 bits per heavy atom. The Hall–Kier alpha value is -0.900. The fraction of sp³-hybridized carbons (Fsp3) is 0.750. The predicted molar refractivity (Wildman–Crippen MR) is 44.7 cm³/mol. The third kappa shape index (κ3) is 5.85. The highest BCUT2D eigenvalue weighted by atomic mass is 16.5. The van der Waals surface area contributed by atoms with Crippen molar-refractivity contribution in [3.8, 4) is 0 Å². The number of carbonyl (C=O) groups is 2. The summed E-state index contributed by atoms with van der Waals surface area (Å²) in [5, 5.41) is 2.56. The summed E-state index contributed by atoms with van der Waals surface area (Å²) in [4.78, 5) is 20.9. The van der Waals surface area contributed by atoms with Gasteiger partial charge in [0.05, 0.1) is 12.5 Å². The number of nitrogens with one attached hydrogen (secondary N) is 1. The molecule has 1 unspecified atom stereocenters. The monoisotopic (exact) mass is 173 g/mol. The van der Waals surface area contributed by atoms with Crippen molar-refractivity contribution in [2.75, 3.05) is 19.8 Å². The molecule has 0 fully saturated rings. The highest BCUT2D eigenvalue weighted by molar-refractivity contribution is 5.73. The molecule has 0 spiro atoms. The molecule has 0 rings (SSSR count). The number of amides is 1. The van der Waals surface area contributed by atoms with Crippen molar-refractivity contribution in [3.05, 3.63) is 0 Å². The largest absolute Gasteiger partial charge is 0.381 e. The van der Waals surface area contributed by atoms with E-state index in [0.717, 1.165) is 6.29 Å². The summed E-state index contributed by atoms with van der Waals surface area (Å²) in [5.41, 5.74) is 0. The van der Waals surface area contributed by atoms with Crippen LogP contribution in [0.15, 0.2) is 0 Å². The highest BCUT2D eigenvalue weighted by Gasteiger charge is 2.06. The zero-order valence-corrected chi connectivity index (χ0v) is 7.50. The maximum absolute atomic E-state index is 10.5. The first kappa shape index (κ1) is 11.1. The molecule has 0 heterocycles. The summed E-state index contributed by atoms with van der Waals surface area (Å²) in [6, 6.07) is 0. The van der Waals surface area contributed by atoms with Crippen molar-refractivity contribution < 1.29 is 14.3 Å². The van der Waals surface area contributed by atoms with Gasteiger partial charge >= 0.3 is 0 Å². The first-order chi connectivity index (χ1) is 5.70. The Balaban J connectivity index is 3.52. The molecule has 4 nitrogen and oxygen atoms in total. The molecule has 0 aromatic heterocycles. The van der Waals surface area contributed by atoms with Crippen LogP contribution in [0, 0.1) is 5.92 Å². The lowest BCUT2D eigenvalue weighted by atomic mass is 10.2. The molecule has 4 heteroatoms. The molecule has 0 radical (unpaired) electrons. The molecular formula is C8H15NO3. The van der Waals surface area contributed by atoms with Crippen LogP contribution >= 0.6 is 0 Å². The van der Waals surface area contributed by atoms with Crippen LogP contribution in [0.2, 0.25) is 0 Å². The summed E-state index contributed by atoms with van der Waals surface area (Å²) in [7, 11) is 0. The second-order valence-corrected chi connectivity index (χ2v) is 2.49. The molecule has 1 atom stereocenters. The summed E-state index contributed by atoms with van der Waals surface area (Å²) in [6.07, 6.45) is 0.797. The van der Waals surface area contributed by atoms with Crippen LogP contribution in [-0.4, -0.2) is 32.0 Å². The molecule has 1 N–H and O–H groups in total. The van der Waals surface area contributed by atoms with Gasteiger partial charge in [-0.05, 0) is 6.92 Å². The molecule has 0 saturated heterocycles. The van der Waals surface area contributed by atoms with Gasteiger partial charge in [-0.25, -0.2) is 0 Å². The number of carbonyl (C=O) groups excluding carboxylic acids is 2. The van der Waals surface area contributed by atoms with E-state index in [2.05, 4.69) is 5.32 Å². The van der Waals surface area contributed by atoms with Gasteiger partial charge in [-0.2, -0.15) is 0 Å². The Bertz CT molecular complexity index is 147. The van der Waals surface area contributed by atoms with Crippen LogP contribution in [0.4, 0.5) is 0 Å². The van der Waals surface area contributed by atoms with Crippen molar-refractivity contribution in [1.82, 2.24) is 5.32 Å². The molecule has 0 aliphatic rings. The Morgan fingerprint density at radius 3 is 2.75 bits per heavy atom. The zero-order chi connectivity index (χ0) is 9.40. The van der Waals surface area contributed by atoms with E-state index >= 15 is 0 Å². The Morgan fingerprint density at radius 1 is 1.67 bits per heavy atom. The fourth-order valence-electron chi connectivity index (χ4n) is 0.690. The van der Waals surface area contributed by atoms with Gasteiger partial charge in [-0.1, -0.05) is 0 Å². The Labute approximate surface area is 72.3 Å². The van der Waals surface area contributed by atoms with Crippen LogP contribution < -0.4 is 5.32 Å². The first-order valence-corrected chi connectivity index (χ1v) is 3.98. The molecule has 0 aliphatic carbocycles. The van der Waals surface area contributed by atoms with Crippen LogP contribution in [0.1, 0.15) is 13.8 Å². The van der Waals surface area contributed by atoms with Crippen LogP contribution in [0.3, 0.4) is 0 Å². The molecule has 70 valence electrons. The standard InChI is InChI=1S/C8H15NO3/c1-3-12-6-8(5-10)4-9-7(2)11/h5,8H,3-4,6H2,1-2H3,(H,9,11). The summed E-state index contributed by atoms with van der Waals surface area (Å²) in [5.74, 6) is -0.354. The molecule has 0 aromatic rings. The normalized spacial score (nSPS) is 12.2. The summed E-state index contributed by atoms with van der Waals surface area (Å²) in [6.45, 7) is 4.60. The number of rotatable bonds is 6. The van der Waals surface area contributed by atoms with Crippen LogP contribution in [0.5, 0.6) is 0 Å². The maximum atomic E-state index is 10.5. The lowest BCUT2D eigenvalue weighted by molar-refractivity contribution is -0.119. The maximum Gasteiger partial charge on any atom is 0.216 e. The van der Waals surface area contributed by atoms with Gasteiger partial charge in [0.2, 0.25) is 5.91 Å². The van der Waals surface area contributed by atoms with E-state index in [4.69, 9.17) is 4.74 Å². The van der Waals surface area contributed by atoms with Crippen LogP contribution in [-0.2, 0) is 14.3 Å². The van der Waals surface area contributed by atoms with Gasteiger partial charge in [0, 0.05) is 20.1 Å². The smallest absolute Gasteiger partial charge is 0.216 e. The minimum Gasteiger partial charge on any atom is -0.381 e. The van der Waals surface area contributed by atoms with E-state index < -0.39 is 0 Å². The molecule has 0 bridgehead atoms. The SMILES string of the molecule is CCOCC(C=O)CNC(C)=O. The molecule has 0 saturated carbocycles. The molecule has 1 amide bonds. The number of hydrogen-bond donors (Lipinski definition) is 1. The van der Waals surface area contributed by atoms with Gasteiger partial charge in [-0.3, -0.25) is 4.79 Å². The average Bonchev–Trinajstić information content (AvgIpc) is 2.05. The van der Waals surface area contributed by atoms with Crippen LogP contribution in [0.25, 0.3) is 0 Å². The van der Waals surface area contributed by atoms with Crippen molar-refractivity contribution in [3.63, 3.8) is 0 Å². The Kier molecular flexibility index (Phi) is 6.28. The highest BCUT2D eigenvalue weighted by Crippen LogP contribution is 1.90. The number of hydrogen-bond acceptors (Lipinski definition) is 3. The molecule has 12 heavy (non-hydrogen) atoms. The van der Waals surface area contributed by atoms with Crippen molar-refractivity contribution in [2.24, 2.45) is 5.92 Å². The van der Waals surface area contributed by atoms with E-state index in [1.54, 1.807) is 0 Å². The van der Waals surface area contributed by atoms with E-state index in [1.165, 1.54) is 6.92 Å². The summed E-state index contributed by atoms with van der Waals surface area (Å²) >= 11 is 0. The topological polar surface area (TPSA) is 55.4 Å². The van der Waals surface area contributed by atoms with Gasteiger partial charge in [0.1, 0.15) is 6.29 Å². The number of ether oxygens (including phenoxy) is 1. The number of aldehydes is 1. The van der Waals surface area contributed by atoms with Crippen molar-refractivity contribution in [2.45, 2.75) is 13.8 Å². The minimum atomic E-state index is -0.228. The lowest BCUT2D eigenvalue weighted by Crippen LogP contribution is -2.30. The zero-order valence-electron chi connectivity index (χ0n) is 7.50. The summed E-state index contributed by atoms with van der Waals surface area (Å²) < 4.78 is 5.04. The molecule has 0 aliphatic heterocycles. The lowest BCUT2D eigenvalue weighted by Gasteiger charge is -2.09. The van der Waals surface area contributed by atoms with E-state index in [1.807, 2.05) is 6.92 Å². The second-order valence-electron chi connectivity index (χ2n) is 2.49. The average molecular weight is 173 g/mol. The van der Waals surface area contributed by atoms with E-state index in [9.17, 15) is 9.59 Å². The van der Waals surface area contributed by atoms with Crippen molar-refractivity contribution in [1.29, 1.82) is 0 Å². The third-order valence-corrected chi connectivity index (χ3v) is 1.34. The van der Waals surface area contributed by atoms with Crippen molar-refractivity contribution >= 4 is 12.2 Å². The second kappa shape index (κ2) is 6.79. The first-order valence-electron chi connectivity index (χ1n) is 3.98. The molecule has 0 aromatic carbocycles. The quantitative estimate of drug-likeness (QED) is 0.574. The van der Waals surface area contributed by atoms with Gasteiger partial charge in [0.15, 0.2) is 0 Å². The predicted octanol–water partition coefficient (Wildman–Crippen LogP) is -0.0259. The van der Waals surface area contributed by atoms with Gasteiger partial charge in [0.25, 0.3) is 0 Å². The third-order valence-electron chi connectivity index (χ3n) is 1.34. The minimum absolute atomic E-state index is 0.127. The van der Waals surface area contributed by atoms with Gasteiger partial charge < -0.3 is 14.8 Å². The van der Waals surface area contributed by atoms with Gasteiger partial charge in [-0.15, -0.1) is 0 Å². The fourth-order valence-corrected chi connectivity index (χ4v) is 0.690. The van der Waals surface area contributed by atoms with E-state index in [-0.39, 0.29) is 11.8 Å².